The molecule has 0 radical (unpaired) electrons. The molecule has 3 N–H and O–H groups in total. The number of rotatable bonds is 10. The van der Waals surface area contributed by atoms with Crippen molar-refractivity contribution >= 4 is 29.9 Å². The van der Waals surface area contributed by atoms with Gasteiger partial charge < -0.3 is 20.6 Å². The molecule has 148 valence electrons. The second-order valence-corrected chi connectivity index (χ2v) is 7.64. The van der Waals surface area contributed by atoms with Crippen molar-refractivity contribution in [2.75, 3.05) is 39.3 Å². The van der Waals surface area contributed by atoms with Crippen LogP contribution in [0.1, 0.15) is 59.3 Å². The van der Waals surface area contributed by atoms with E-state index in [1.54, 1.807) is 0 Å². The number of aliphatic imine (C=N–C) groups is 1. The number of guanidine groups is 1. The molecule has 1 heterocycles. The first kappa shape index (κ1) is 23.0. The standard InChI is InChI=1S/C19H38N4O.HI/c1-4-19(5-2,10-12-24)15-22-18(20-6-3)21-13-16-9-11-23(14-16)17-7-8-17;/h16-17,24H,4-15H2,1-3H3,(H2,20,21,22);1H. The molecule has 0 aromatic heterocycles. The smallest absolute Gasteiger partial charge is 0.191 e. The van der Waals surface area contributed by atoms with Crippen LogP contribution < -0.4 is 10.6 Å². The highest BCUT2D eigenvalue weighted by Crippen LogP contribution is 2.32. The van der Waals surface area contributed by atoms with Gasteiger partial charge in [-0.25, -0.2) is 0 Å². The van der Waals surface area contributed by atoms with E-state index in [1.807, 2.05) is 0 Å². The zero-order valence-electron chi connectivity index (χ0n) is 16.4. The van der Waals surface area contributed by atoms with E-state index in [9.17, 15) is 5.11 Å². The second-order valence-electron chi connectivity index (χ2n) is 7.64. The third-order valence-corrected chi connectivity index (χ3v) is 6.00. The maximum absolute atomic E-state index is 9.37. The predicted octanol–water partition coefficient (Wildman–Crippen LogP) is 2.83. The van der Waals surface area contributed by atoms with Crippen LogP contribution in [0.3, 0.4) is 0 Å². The summed E-state index contributed by atoms with van der Waals surface area (Å²) < 4.78 is 0. The SMILES string of the molecule is CCNC(=NCC(CC)(CC)CCO)NCC1CCN(C2CC2)C1.I. The van der Waals surface area contributed by atoms with Crippen LogP contribution in [0.15, 0.2) is 4.99 Å². The minimum atomic E-state index is 0. The molecule has 1 saturated carbocycles. The van der Waals surface area contributed by atoms with Gasteiger partial charge in [-0.3, -0.25) is 4.99 Å². The average Bonchev–Trinajstić information content (AvgIpc) is 3.35. The molecule has 1 atom stereocenters. The van der Waals surface area contributed by atoms with Crippen molar-refractivity contribution in [3.8, 4) is 0 Å². The van der Waals surface area contributed by atoms with E-state index < -0.39 is 0 Å². The predicted molar refractivity (Wildman–Crippen MR) is 117 cm³/mol. The Hall–Kier alpha value is -0.0800. The summed E-state index contributed by atoms with van der Waals surface area (Å²) in [5, 5.41) is 16.3. The number of hydrogen-bond acceptors (Lipinski definition) is 3. The van der Waals surface area contributed by atoms with E-state index in [0.717, 1.165) is 56.8 Å². The monoisotopic (exact) mass is 466 g/mol. The highest BCUT2D eigenvalue weighted by Gasteiger charge is 2.34. The van der Waals surface area contributed by atoms with Crippen molar-refractivity contribution in [3.63, 3.8) is 0 Å². The summed E-state index contributed by atoms with van der Waals surface area (Å²) in [6.07, 6.45) is 7.08. The van der Waals surface area contributed by atoms with Crippen LogP contribution in [0.2, 0.25) is 0 Å². The van der Waals surface area contributed by atoms with Crippen LogP contribution >= 0.6 is 24.0 Å². The van der Waals surface area contributed by atoms with Gasteiger partial charge in [-0.05, 0) is 63.3 Å². The Kier molecular flexibility index (Phi) is 10.6. The summed E-state index contributed by atoms with van der Waals surface area (Å²) in [5.74, 6) is 1.68. The van der Waals surface area contributed by atoms with Crippen LogP contribution in [0, 0.1) is 11.3 Å². The maximum atomic E-state index is 9.37. The molecule has 1 aliphatic carbocycles. The van der Waals surface area contributed by atoms with Crippen molar-refractivity contribution in [1.29, 1.82) is 0 Å². The molecule has 2 rings (SSSR count). The van der Waals surface area contributed by atoms with E-state index in [1.165, 1.54) is 32.4 Å². The Morgan fingerprint density at radius 1 is 1.16 bits per heavy atom. The Bertz CT molecular complexity index is 397. The lowest BCUT2D eigenvalue weighted by molar-refractivity contribution is 0.175. The molecule has 25 heavy (non-hydrogen) atoms. The largest absolute Gasteiger partial charge is 0.396 e. The molecule has 1 aliphatic heterocycles. The van der Waals surface area contributed by atoms with Crippen LogP contribution in [-0.4, -0.2) is 61.3 Å². The molecule has 0 aromatic rings. The minimum absolute atomic E-state index is 0. The lowest BCUT2D eigenvalue weighted by atomic mass is 9.79. The highest BCUT2D eigenvalue weighted by atomic mass is 127. The lowest BCUT2D eigenvalue weighted by Crippen LogP contribution is -2.41. The molecule has 2 aliphatic rings. The fourth-order valence-corrected chi connectivity index (χ4v) is 3.77. The third-order valence-electron chi connectivity index (χ3n) is 6.00. The van der Waals surface area contributed by atoms with Crippen molar-refractivity contribution in [2.24, 2.45) is 16.3 Å². The van der Waals surface area contributed by atoms with Gasteiger partial charge in [0.25, 0.3) is 0 Å². The number of likely N-dealkylation sites (tertiary alicyclic amines) is 1. The fraction of sp³-hybridized carbons (Fsp3) is 0.947. The Labute approximate surface area is 171 Å². The van der Waals surface area contributed by atoms with Gasteiger partial charge in [0.15, 0.2) is 5.96 Å². The summed E-state index contributed by atoms with van der Waals surface area (Å²) in [7, 11) is 0. The van der Waals surface area contributed by atoms with E-state index in [2.05, 4.69) is 36.3 Å². The first-order chi connectivity index (χ1) is 11.7. The van der Waals surface area contributed by atoms with Gasteiger partial charge in [-0.2, -0.15) is 0 Å². The van der Waals surface area contributed by atoms with Gasteiger partial charge in [-0.15, -0.1) is 24.0 Å². The van der Waals surface area contributed by atoms with Gasteiger partial charge >= 0.3 is 0 Å². The number of hydrogen-bond donors (Lipinski definition) is 3. The lowest BCUT2D eigenvalue weighted by Gasteiger charge is -2.29. The van der Waals surface area contributed by atoms with Crippen molar-refractivity contribution in [3.05, 3.63) is 0 Å². The molecule has 0 spiro atoms. The van der Waals surface area contributed by atoms with Crippen molar-refractivity contribution < 1.29 is 5.11 Å². The average molecular weight is 466 g/mol. The van der Waals surface area contributed by atoms with Gasteiger partial charge in [0, 0.05) is 38.8 Å². The van der Waals surface area contributed by atoms with Crippen LogP contribution in [0.25, 0.3) is 0 Å². The molecule has 6 heteroatoms. The molecule has 2 fully saturated rings. The topological polar surface area (TPSA) is 59.9 Å². The zero-order valence-corrected chi connectivity index (χ0v) is 18.7. The maximum Gasteiger partial charge on any atom is 0.191 e. The van der Waals surface area contributed by atoms with Crippen LogP contribution in [0.5, 0.6) is 0 Å². The van der Waals surface area contributed by atoms with Crippen molar-refractivity contribution in [1.82, 2.24) is 15.5 Å². The van der Waals surface area contributed by atoms with E-state index in [4.69, 9.17) is 4.99 Å². The van der Waals surface area contributed by atoms with E-state index >= 15 is 0 Å². The zero-order chi connectivity index (χ0) is 17.4. The summed E-state index contributed by atoms with van der Waals surface area (Å²) >= 11 is 0. The molecule has 0 bridgehead atoms. The van der Waals surface area contributed by atoms with Gasteiger partial charge in [0.05, 0.1) is 0 Å². The molecular formula is C19H39IN4O. The Balaban J connectivity index is 0.00000312. The van der Waals surface area contributed by atoms with Crippen LogP contribution in [-0.2, 0) is 0 Å². The third kappa shape index (κ3) is 7.21. The van der Waals surface area contributed by atoms with Crippen molar-refractivity contribution in [2.45, 2.75) is 65.3 Å². The summed E-state index contributed by atoms with van der Waals surface area (Å²) in [6, 6.07) is 0.894. The van der Waals surface area contributed by atoms with Gasteiger partial charge in [0.1, 0.15) is 0 Å². The first-order valence-corrected chi connectivity index (χ1v) is 10.0. The van der Waals surface area contributed by atoms with Crippen LogP contribution in [0.4, 0.5) is 0 Å². The number of aliphatic hydroxyl groups is 1. The van der Waals surface area contributed by atoms with E-state index in [-0.39, 0.29) is 36.0 Å². The second kappa shape index (κ2) is 11.6. The molecule has 5 nitrogen and oxygen atoms in total. The number of nitrogens with one attached hydrogen (secondary N) is 2. The molecule has 1 saturated heterocycles. The number of nitrogens with zero attached hydrogens (tertiary/aromatic N) is 2. The Morgan fingerprint density at radius 2 is 1.88 bits per heavy atom. The number of halogens is 1. The summed E-state index contributed by atoms with van der Waals surface area (Å²) in [5.41, 5.74) is 0.132. The quantitative estimate of drug-likeness (QED) is 0.263. The highest BCUT2D eigenvalue weighted by molar-refractivity contribution is 14.0. The fourth-order valence-electron chi connectivity index (χ4n) is 3.77. The normalized spacial score (nSPS) is 21.9. The molecule has 1 unspecified atom stereocenters. The molecule has 0 amide bonds. The van der Waals surface area contributed by atoms with Gasteiger partial charge in [-0.1, -0.05) is 13.8 Å². The first-order valence-electron chi connectivity index (χ1n) is 10.0. The minimum Gasteiger partial charge on any atom is -0.396 e. The van der Waals surface area contributed by atoms with Gasteiger partial charge in [0.2, 0.25) is 0 Å². The summed E-state index contributed by atoms with van der Waals surface area (Å²) in [6.45, 7) is 12.0. The van der Waals surface area contributed by atoms with E-state index in [0.29, 0.717) is 0 Å². The Morgan fingerprint density at radius 3 is 2.44 bits per heavy atom. The number of aliphatic hydroxyl groups excluding tert-OH is 1. The summed E-state index contributed by atoms with van der Waals surface area (Å²) in [4.78, 5) is 7.51. The molecular weight excluding hydrogens is 427 g/mol. The molecule has 0 aromatic carbocycles.